The predicted molar refractivity (Wildman–Crippen MR) is 90.5 cm³/mol. The molecule has 3 nitrogen and oxygen atoms in total. The van der Waals surface area contributed by atoms with E-state index in [-0.39, 0.29) is 6.79 Å². The molecule has 2 aromatic carbocycles. The molecule has 1 N–H and O–H groups in total. The first-order chi connectivity index (χ1) is 10.2. The topological polar surface area (TPSA) is 30.5 Å². The van der Waals surface area contributed by atoms with Crippen LogP contribution in [0.4, 0.5) is 0 Å². The molecule has 0 aliphatic rings. The standard InChI is InChI=1S/C17H22NO2P/c1-13-8-9-15(20-12-19-3)17(10-13)21-16-7-5-4-6-14(16)11-18-2/h4-10,18,21H,11-12H2,1-3H3. The summed E-state index contributed by atoms with van der Waals surface area (Å²) in [5, 5.41) is 5.79. The molecule has 0 saturated heterocycles. The Bertz CT molecular complexity index is 587. The normalized spacial score (nSPS) is 11.2. The van der Waals surface area contributed by atoms with E-state index in [1.54, 1.807) is 7.11 Å². The zero-order valence-electron chi connectivity index (χ0n) is 12.8. The van der Waals surface area contributed by atoms with E-state index in [0.717, 1.165) is 12.3 Å². The third-order valence-corrected chi connectivity index (χ3v) is 4.54. The van der Waals surface area contributed by atoms with Crippen molar-refractivity contribution < 1.29 is 9.47 Å². The van der Waals surface area contributed by atoms with Crippen molar-refractivity contribution in [1.29, 1.82) is 0 Å². The lowest BCUT2D eigenvalue weighted by molar-refractivity contribution is 0.0519. The molecule has 2 aromatic rings. The second-order valence-corrected chi connectivity index (χ2v) is 6.19. The Morgan fingerprint density at radius 1 is 1.10 bits per heavy atom. The van der Waals surface area contributed by atoms with Crippen LogP contribution >= 0.6 is 8.58 Å². The van der Waals surface area contributed by atoms with Crippen LogP contribution in [-0.2, 0) is 11.3 Å². The monoisotopic (exact) mass is 303 g/mol. The van der Waals surface area contributed by atoms with E-state index in [1.165, 1.54) is 21.7 Å². The molecule has 1 unspecified atom stereocenters. The summed E-state index contributed by atoms with van der Waals surface area (Å²) in [7, 11) is 4.18. The largest absolute Gasteiger partial charge is 0.467 e. The van der Waals surface area contributed by atoms with Crippen LogP contribution in [0.1, 0.15) is 11.1 Å². The first-order valence-corrected chi connectivity index (χ1v) is 7.96. The van der Waals surface area contributed by atoms with Gasteiger partial charge in [-0.15, -0.1) is 0 Å². The Kier molecular flexibility index (Phi) is 6.19. The van der Waals surface area contributed by atoms with Crippen LogP contribution in [0.15, 0.2) is 42.5 Å². The van der Waals surface area contributed by atoms with Gasteiger partial charge in [0.15, 0.2) is 6.79 Å². The van der Waals surface area contributed by atoms with E-state index < -0.39 is 0 Å². The van der Waals surface area contributed by atoms with Gasteiger partial charge in [-0.2, -0.15) is 0 Å². The Morgan fingerprint density at radius 3 is 2.67 bits per heavy atom. The molecule has 1 atom stereocenters. The Morgan fingerprint density at radius 2 is 1.90 bits per heavy atom. The van der Waals surface area contributed by atoms with Crippen molar-refractivity contribution in [2.45, 2.75) is 13.5 Å². The Hall–Kier alpha value is -1.41. The summed E-state index contributed by atoms with van der Waals surface area (Å²) in [6.07, 6.45) is 0. The minimum absolute atomic E-state index is 0.276. The van der Waals surface area contributed by atoms with E-state index in [1.807, 2.05) is 13.1 Å². The molecule has 0 aromatic heterocycles. The smallest absolute Gasteiger partial charge is 0.188 e. The molecule has 0 aliphatic carbocycles. The molecule has 2 rings (SSSR count). The molecule has 0 heterocycles. The number of nitrogens with one attached hydrogen (secondary N) is 1. The summed E-state index contributed by atoms with van der Waals surface area (Å²) < 4.78 is 10.7. The average molecular weight is 303 g/mol. The average Bonchev–Trinajstić information content (AvgIpc) is 2.49. The Balaban J connectivity index is 2.27. The number of hydrogen-bond acceptors (Lipinski definition) is 3. The van der Waals surface area contributed by atoms with Crippen LogP contribution < -0.4 is 20.7 Å². The van der Waals surface area contributed by atoms with Gasteiger partial charge in [-0.1, -0.05) is 44.5 Å². The zero-order valence-corrected chi connectivity index (χ0v) is 13.8. The quantitative estimate of drug-likeness (QED) is 0.629. The van der Waals surface area contributed by atoms with Gasteiger partial charge in [0.1, 0.15) is 5.75 Å². The lowest BCUT2D eigenvalue weighted by Crippen LogP contribution is -2.16. The van der Waals surface area contributed by atoms with Gasteiger partial charge in [0.25, 0.3) is 0 Å². The summed E-state index contributed by atoms with van der Waals surface area (Å²) >= 11 is 0. The first kappa shape index (κ1) is 16.0. The van der Waals surface area contributed by atoms with Crippen molar-refractivity contribution in [3.05, 3.63) is 53.6 Å². The second kappa shape index (κ2) is 8.14. The highest BCUT2D eigenvalue weighted by molar-refractivity contribution is 7.55. The number of rotatable bonds is 7. The molecular weight excluding hydrogens is 281 g/mol. The van der Waals surface area contributed by atoms with Gasteiger partial charge >= 0.3 is 0 Å². The third-order valence-electron chi connectivity index (χ3n) is 3.12. The van der Waals surface area contributed by atoms with E-state index in [9.17, 15) is 0 Å². The number of benzene rings is 2. The van der Waals surface area contributed by atoms with Crippen LogP contribution in [0.5, 0.6) is 5.75 Å². The van der Waals surface area contributed by atoms with Crippen molar-refractivity contribution in [3.63, 3.8) is 0 Å². The first-order valence-electron chi connectivity index (χ1n) is 6.96. The number of ether oxygens (including phenoxy) is 2. The SMILES string of the molecule is CNCc1ccccc1Pc1cc(C)ccc1OCOC. The molecule has 21 heavy (non-hydrogen) atoms. The van der Waals surface area contributed by atoms with E-state index in [0.29, 0.717) is 8.58 Å². The maximum atomic E-state index is 5.68. The molecule has 0 saturated carbocycles. The van der Waals surface area contributed by atoms with Gasteiger partial charge < -0.3 is 14.8 Å². The number of methoxy groups -OCH3 is 1. The molecule has 112 valence electrons. The van der Waals surface area contributed by atoms with Crippen LogP contribution in [0.3, 0.4) is 0 Å². The molecule has 0 bridgehead atoms. The maximum Gasteiger partial charge on any atom is 0.188 e. The van der Waals surface area contributed by atoms with Gasteiger partial charge in [-0.05, 0) is 37.0 Å². The van der Waals surface area contributed by atoms with Crippen molar-refractivity contribution in [1.82, 2.24) is 5.32 Å². The Labute approximate surface area is 128 Å². The second-order valence-electron chi connectivity index (χ2n) is 4.86. The fourth-order valence-electron chi connectivity index (χ4n) is 2.12. The number of hydrogen-bond donors (Lipinski definition) is 1. The molecule has 0 aliphatic heterocycles. The van der Waals surface area contributed by atoms with Crippen LogP contribution in [0.25, 0.3) is 0 Å². The lowest BCUT2D eigenvalue weighted by Gasteiger charge is -2.14. The van der Waals surface area contributed by atoms with Gasteiger partial charge in [-0.3, -0.25) is 0 Å². The van der Waals surface area contributed by atoms with Gasteiger partial charge in [0.05, 0.1) is 0 Å². The third kappa shape index (κ3) is 4.53. The van der Waals surface area contributed by atoms with Gasteiger partial charge in [0, 0.05) is 19.0 Å². The summed E-state index contributed by atoms with van der Waals surface area (Å²) in [6.45, 7) is 3.26. The maximum absolute atomic E-state index is 5.68. The number of aryl methyl sites for hydroxylation is 1. The minimum Gasteiger partial charge on any atom is -0.467 e. The minimum atomic E-state index is 0.276. The van der Waals surface area contributed by atoms with Crippen LogP contribution in [0.2, 0.25) is 0 Å². The van der Waals surface area contributed by atoms with Crippen LogP contribution in [0, 0.1) is 6.92 Å². The lowest BCUT2D eigenvalue weighted by atomic mass is 10.2. The van der Waals surface area contributed by atoms with Crippen molar-refractivity contribution in [2.75, 3.05) is 21.0 Å². The fraction of sp³-hybridized carbons (Fsp3) is 0.294. The van der Waals surface area contributed by atoms with E-state index in [2.05, 4.69) is 48.6 Å². The highest BCUT2D eigenvalue weighted by Crippen LogP contribution is 2.22. The highest BCUT2D eigenvalue weighted by Gasteiger charge is 2.08. The van der Waals surface area contributed by atoms with E-state index >= 15 is 0 Å². The summed E-state index contributed by atoms with van der Waals surface area (Å²) in [6, 6.07) is 14.8. The molecule has 4 heteroatoms. The predicted octanol–water partition coefficient (Wildman–Crippen LogP) is 2.33. The molecule has 0 spiro atoms. The summed E-state index contributed by atoms with van der Waals surface area (Å²) in [4.78, 5) is 0. The van der Waals surface area contributed by atoms with Gasteiger partial charge in [-0.25, -0.2) is 0 Å². The molecule has 0 amide bonds. The molecule has 0 radical (unpaired) electrons. The molecular formula is C17H22NO2P. The molecule has 0 fully saturated rings. The van der Waals surface area contributed by atoms with Crippen LogP contribution in [-0.4, -0.2) is 21.0 Å². The van der Waals surface area contributed by atoms with Gasteiger partial charge in [0.2, 0.25) is 0 Å². The van der Waals surface area contributed by atoms with Crippen molar-refractivity contribution in [2.24, 2.45) is 0 Å². The summed E-state index contributed by atoms with van der Waals surface area (Å²) in [5.41, 5.74) is 2.57. The van der Waals surface area contributed by atoms with Crippen molar-refractivity contribution in [3.8, 4) is 5.75 Å². The summed E-state index contributed by atoms with van der Waals surface area (Å²) in [5.74, 6) is 0.903. The van der Waals surface area contributed by atoms with E-state index in [4.69, 9.17) is 9.47 Å². The highest BCUT2D eigenvalue weighted by atomic mass is 31.1. The fourth-order valence-corrected chi connectivity index (χ4v) is 3.50. The van der Waals surface area contributed by atoms with Crippen molar-refractivity contribution >= 4 is 19.2 Å². The zero-order chi connectivity index (χ0) is 15.1.